The molecule has 0 amide bonds. The minimum absolute atomic E-state index is 0. The molecule has 0 spiro atoms. The molecule has 2 rings (SSSR count). The molecule has 0 bridgehead atoms. The first-order valence-electron chi connectivity index (χ1n) is 9.48. The van der Waals surface area contributed by atoms with Gasteiger partial charge in [-0.2, -0.15) is 0 Å². The quantitative estimate of drug-likeness (QED) is 0.312. The average molecular weight is 530 g/mol. The van der Waals surface area contributed by atoms with Gasteiger partial charge in [0.15, 0.2) is 5.96 Å². The Balaban J connectivity index is 0.00000420. The summed E-state index contributed by atoms with van der Waals surface area (Å²) in [5.41, 5.74) is 3.53. The predicted octanol–water partition coefficient (Wildman–Crippen LogP) is 3.37. The van der Waals surface area contributed by atoms with Gasteiger partial charge in [-0.3, -0.25) is 0 Å². The largest absolute Gasteiger partial charge is 0.357 e. The number of guanidine groups is 1. The van der Waals surface area contributed by atoms with Crippen LogP contribution < -0.4 is 10.6 Å². The maximum atomic E-state index is 12.1. The fraction of sp³-hybridized carbons (Fsp3) is 0.381. The number of halogens is 1. The normalized spacial score (nSPS) is 11.8. The lowest BCUT2D eigenvalue weighted by molar-refractivity contribution is 0.520. The first-order valence-corrected chi connectivity index (χ1v) is 10.9. The number of nitrogens with zero attached hydrogens (tertiary/aromatic N) is 2. The number of sulfonamides is 1. The van der Waals surface area contributed by atoms with Crippen molar-refractivity contribution in [2.45, 2.75) is 38.3 Å². The van der Waals surface area contributed by atoms with Crippen molar-refractivity contribution in [1.82, 2.24) is 14.9 Å². The second-order valence-electron chi connectivity index (χ2n) is 6.60. The lowest BCUT2D eigenvalue weighted by Crippen LogP contribution is -2.37. The molecule has 0 unspecified atom stereocenters. The Kier molecular flexibility index (Phi) is 10.6. The number of nitrogens with one attached hydrogen (secondary N) is 2. The number of aryl methyl sites for hydroxylation is 1. The number of hydrogen-bond acceptors (Lipinski definition) is 3. The van der Waals surface area contributed by atoms with Crippen molar-refractivity contribution in [3.63, 3.8) is 0 Å². The third kappa shape index (κ3) is 7.27. The van der Waals surface area contributed by atoms with E-state index in [0.29, 0.717) is 13.1 Å². The molecule has 0 saturated carbocycles. The standard InChI is InChI=1S/C21H30N4O2S.HI/c1-5-18-9-7-8-10-19(18)16-24-21(22-6-2)23-15-17-11-13-20(14-12-17)28(26,27)25(3)4;/h7-14H,5-6,15-16H2,1-4H3,(H2,22,23,24);1H. The maximum absolute atomic E-state index is 12.1. The molecule has 0 heterocycles. The summed E-state index contributed by atoms with van der Waals surface area (Å²) in [5.74, 6) is 0.735. The summed E-state index contributed by atoms with van der Waals surface area (Å²) in [7, 11) is -0.354. The molecule has 8 heteroatoms. The first-order chi connectivity index (χ1) is 13.4. The minimum atomic E-state index is -3.41. The molecule has 2 aromatic rings. The average Bonchev–Trinajstić information content (AvgIpc) is 2.70. The van der Waals surface area contributed by atoms with Crippen LogP contribution in [-0.2, 0) is 29.5 Å². The van der Waals surface area contributed by atoms with Crippen LogP contribution in [0.1, 0.15) is 30.5 Å². The van der Waals surface area contributed by atoms with Crippen LogP contribution in [0.25, 0.3) is 0 Å². The van der Waals surface area contributed by atoms with E-state index in [1.807, 2.05) is 13.0 Å². The molecule has 0 fully saturated rings. The monoisotopic (exact) mass is 530 g/mol. The highest BCUT2D eigenvalue weighted by atomic mass is 127. The van der Waals surface area contributed by atoms with E-state index in [9.17, 15) is 8.42 Å². The number of hydrogen-bond donors (Lipinski definition) is 2. The fourth-order valence-corrected chi connectivity index (χ4v) is 3.65. The lowest BCUT2D eigenvalue weighted by atomic mass is 10.1. The molecule has 0 aliphatic heterocycles. The molecule has 29 heavy (non-hydrogen) atoms. The smallest absolute Gasteiger partial charge is 0.242 e. The molecule has 0 aromatic heterocycles. The van der Waals surface area contributed by atoms with Gasteiger partial charge in [-0.1, -0.05) is 43.3 Å². The highest BCUT2D eigenvalue weighted by molar-refractivity contribution is 14.0. The van der Waals surface area contributed by atoms with Gasteiger partial charge < -0.3 is 10.6 Å². The molecule has 0 atom stereocenters. The highest BCUT2D eigenvalue weighted by Gasteiger charge is 2.16. The van der Waals surface area contributed by atoms with E-state index in [1.54, 1.807) is 24.3 Å². The van der Waals surface area contributed by atoms with E-state index in [1.165, 1.54) is 29.5 Å². The lowest BCUT2D eigenvalue weighted by Gasteiger charge is -2.14. The summed E-state index contributed by atoms with van der Waals surface area (Å²) in [5, 5.41) is 6.62. The van der Waals surface area contributed by atoms with Gasteiger partial charge in [0.25, 0.3) is 0 Å². The first kappa shape index (κ1) is 25.4. The summed E-state index contributed by atoms with van der Waals surface area (Å²) in [6, 6.07) is 15.2. The summed E-state index contributed by atoms with van der Waals surface area (Å²) in [4.78, 5) is 4.90. The summed E-state index contributed by atoms with van der Waals surface area (Å²) < 4.78 is 25.5. The summed E-state index contributed by atoms with van der Waals surface area (Å²) >= 11 is 0. The summed E-state index contributed by atoms with van der Waals surface area (Å²) in [6.07, 6.45) is 0.994. The van der Waals surface area contributed by atoms with Crippen molar-refractivity contribution in [2.75, 3.05) is 20.6 Å². The third-order valence-corrected chi connectivity index (χ3v) is 6.24. The Hall–Kier alpha value is -1.65. The van der Waals surface area contributed by atoms with E-state index in [2.05, 4.69) is 40.7 Å². The summed E-state index contributed by atoms with van der Waals surface area (Å²) in [6.45, 7) is 6.11. The number of rotatable bonds is 8. The van der Waals surface area contributed by atoms with Gasteiger partial charge in [-0.25, -0.2) is 17.7 Å². The molecule has 0 saturated heterocycles. The highest BCUT2D eigenvalue weighted by Crippen LogP contribution is 2.14. The third-order valence-electron chi connectivity index (χ3n) is 4.41. The molecule has 2 aromatic carbocycles. The topological polar surface area (TPSA) is 73.8 Å². The predicted molar refractivity (Wildman–Crippen MR) is 130 cm³/mol. The van der Waals surface area contributed by atoms with Crippen LogP contribution in [0.2, 0.25) is 0 Å². The van der Waals surface area contributed by atoms with Crippen molar-refractivity contribution >= 4 is 40.0 Å². The fourth-order valence-electron chi connectivity index (χ4n) is 2.74. The Bertz CT molecular complexity index is 897. The second kappa shape index (κ2) is 12.1. The molecule has 160 valence electrons. The van der Waals surface area contributed by atoms with Crippen molar-refractivity contribution in [2.24, 2.45) is 4.99 Å². The van der Waals surface area contributed by atoms with E-state index in [-0.39, 0.29) is 28.9 Å². The molecule has 2 N–H and O–H groups in total. The SMILES string of the molecule is CCNC(=NCc1ccc(S(=O)(=O)N(C)C)cc1)NCc1ccccc1CC.I. The second-order valence-corrected chi connectivity index (χ2v) is 8.75. The van der Waals surface area contributed by atoms with E-state index >= 15 is 0 Å². The molecule has 0 radical (unpaired) electrons. The Morgan fingerprint density at radius 3 is 2.14 bits per heavy atom. The molecular formula is C21H31IN4O2S. The van der Waals surface area contributed by atoms with Crippen LogP contribution in [0.3, 0.4) is 0 Å². The molecule has 0 aliphatic rings. The Morgan fingerprint density at radius 1 is 0.966 bits per heavy atom. The Morgan fingerprint density at radius 2 is 1.59 bits per heavy atom. The molecule has 0 aliphatic carbocycles. The van der Waals surface area contributed by atoms with Crippen molar-refractivity contribution in [1.29, 1.82) is 0 Å². The minimum Gasteiger partial charge on any atom is -0.357 e. The van der Waals surface area contributed by atoms with Crippen LogP contribution in [-0.4, -0.2) is 39.3 Å². The van der Waals surface area contributed by atoms with Crippen LogP contribution in [0.4, 0.5) is 0 Å². The van der Waals surface area contributed by atoms with Crippen LogP contribution in [0, 0.1) is 0 Å². The van der Waals surface area contributed by atoms with Gasteiger partial charge in [0.1, 0.15) is 0 Å². The van der Waals surface area contributed by atoms with Gasteiger partial charge in [0, 0.05) is 27.2 Å². The molecular weight excluding hydrogens is 499 g/mol. The van der Waals surface area contributed by atoms with Crippen LogP contribution >= 0.6 is 24.0 Å². The van der Waals surface area contributed by atoms with Gasteiger partial charge in [-0.05, 0) is 42.2 Å². The van der Waals surface area contributed by atoms with Crippen molar-refractivity contribution in [3.8, 4) is 0 Å². The van der Waals surface area contributed by atoms with Gasteiger partial charge in [-0.15, -0.1) is 24.0 Å². The van der Waals surface area contributed by atoms with E-state index < -0.39 is 10.0 Å². The Labute approximate surface area is 191 Å². The zero-order valence-electron chi connectivity index (χ0n) is 17.5. The van der Waals surface area contributed by atoms with Gasteiger partial charge in [0.05, 0.1) is 11.4 Å². The number of aliphatic imine (C=N–C) groups is 1. The van der Waals surface area contributed by atoms with Crippen LogP contribution in [0.5, 0.6) is 0 Å². The van der Waals surface area contributed by atoms with Crippen LogP contribution in [0.15, 0.2) is 58.4 Å². The van der Waals surface area contributed by atoms with E-state index in [0.717, 1.165) is 24.5 Å². The maximum Gasteiger partial charge on any atom is 0.242 e. The molecule has 6 nitrogen and oxygen atoms in total. The number of benzene rings is 2. The van der Waals surface area contributed by atoms with Crippen molar-refractivity contribution in [3.05, 3.63) is 65.2 Å². The van der Waals surface area contributed by atoms with Crippen molar-refractivity contribution < 1.29 is 8.42 Å². The van der Waals surface area contributed by atoms with Gasteiger partial charge >= 0.3 is 0 Å². The van der Waals surface area contributed by atoms with Gasteiger partial charge in [0.2, 0.25) is 10.0 Å². The van der Waals surface area contributed by atoms with E-state index in [4.69, 9.17) is 0 Å². The zero-order chi connectivity index (χ0) is 20.6. The zero-order valence-corrected chi connectivity index (χ0v) is 20.6.